The summed E-state index contributed by atoms with van der Waals surface area (Å²) in [5.74, 6) is 2.44. The highest BCUT2D eigenvalue weighted by molar-refractivity contribution is 5.40. The second-order valence-electron chi connectivity index (χ2n) is 5.98. The Kier molecular flexibility index (Phi) is 6.85. The third-order valence-electron chi connectivity index (χ3n) is 2.98. The Bertz CT molecular complexity index is 361. The van der Waals surface area contributed by atoms with Crippen molar-refractivity contribution in [2.45, 2.75) is 41.2 Å². The average molecular weight is 263 g/mol. The van der Waals surface area contributed by atoms with Gasteiger partial charge in [0.1, 0.15) is 5.82 Å². The van der Waals surface area contributed by atoms with Gasteiger partial charge in [-0.15, -0.1) is 0 Å². The maximum absolute atomic E-state index is 4.50. The van der Waals surface area contributed by atoms with Crippen molar-refractivity contribution in [1.82, 2.24) is 10.3 Å². The third kappa shape index (κ3) is 6.06. The number of aromatic nitrogens is 1. The van der Waals surface area contributed by atoms with Crippen LogP contribution in [-0.2, 0) is 6.54 Å². The first-order valence-corrected chi connectivity index (χ1v) is 7.43. The fourth-order valence-electron chi connectivity index (χ4n) is 2.07. The molecule has 0 spiro atoms. The molecular formula is C16H29N3. The van der Waals surface area contributed by atoms with Crippen LogP contribution in [-0.4, -0.2) is 24.6 Å². The van der Waals surface area contributed by atoms with Crippen LogP contribution in [0.3, 0.4) is 0 Å². The topological polar surface area (TPSA) is 28.2 Å². The second kappa shape index (κ2) is 8.16. The summed E-state index contributed by atoms with van der Waals surface area (Å²) >= 11 is 0. The Morgan fingerprint density at radius 1 is 1.21 bits per heavy atom. The molecule has 0 amide bonds. The maximum atomic E-state index is 4.50. The van der Waals surface area contributed by atoms with Gasteiger partial charge in [-0.3, -0.25) is 0 Å². The lowest BCUT2D eigenvalue weighted by atomic mass is 10.2. The van der Waals surface area contributed by atoms with Crippen LogP contribution in [0.1, 0.15) is 40.2 Å². The van der Waals surface area contributed by atoms with Gasteiger partial charge in [0.25, 0.3) is 0 Å². The van der Waals surface area contributed by atoms with Gasteiger partial charge in [-0.1, -0.05) is 27.7 Å². The zero-order valence-corrected chi connectivity index (χ0v) is 13.1. The molecule has 1 aromatic rings. The van der Waals surface area contributed by atoms with Crippen LogP contribution in [0.5, 0.6) is 0 Å². The molecule has 0 aliphatic carbocycles. The summed E-state index contributed by atoms with van der Waals surface area (Å²) in [7, 11) is 0. The van der Waals surface area contributed by atoms with E-state index >= 15 is 0 Å². The van der Waals surface area contributed by atoms with Gasteiger partial charge in [0, 0.05) is 25.8 Å². The zero-order chi connectivity index (χ0) is 14.3. The van der Waals surface area contributed by atoms with E-state index in [9.17, 15) is 0 Å². The van der Waals surface area contributed by atoms with Gasteiger partial charge in [0.05, 0.1) is 0 Å². The molecule has 0 atom stereocenters. The number of hydrogen-bond acceptors (Lipinski definition) is 3. The molecule has 3 nitrogen and oxygen atoms in total. The largest absolute Gasteiger partial charge is 0.357 e. The normalized spacial score (nSPS) is 11.3. The first kappa shape index (κ1) is 16.0. The summed E-state index contributed by atoms with van der Waals surface area (Å²) < 4.78 is 0. The molecule has 0 radical (unpaired) electrons. The molecule has 0 aliphatic rings. The fourth-order valence-corrected chi connectivity index (χ4v) is 2.07. The number of nitrogens with zero attached hydrogens (tertiary/aromatic N) is 2. The van der Waals surface area contributed by atoms with E-state index in [4.69, 9.17) is 0 Å². The van der Waals surface area contributed by atoms with E-state index in [1.165, 1.54) is 5.56 Å². The molecule has 0 unspecified atom stereocenters. The predicted molar refractivity (Wildman–Crippen MR) is 83.5 cm³/mol. The van der Waals surface area contributed by atoms with Crippen LogP contribution in [0.15, 0.2) is 18.3 Å². The van der Waals surface area contributed by atoms with Crippen molar-refractivity contribution < 1.29 is 0 Å². The van der Waals surface area contributed by atoms with Crippen molar-refractivity contribution in [2.24, 2.45) is 11.8 Å². The molecule has 3 heteroatoms. The summed E-state index contributed by atoms with van der Waals surface area (Å²) in [5.41, 5.74) is 1.31. The lowest BCUT2D eigenvalue weighted by molar-refractivity contribution is 0.552. The molecule has 19 heavy (non-hydrogen) atoms. The number of hydrogen-bond donors (Lipinski definition) is 1. The van der Waals surface area contributed by atoms with Gasteiger partial charge in [-0.05, 0) is 43.0 Å². The minimum Gasteiger partial charge on any atom is -0.357 e. The highest BCUT2D eigenvalue weighted by atomic mass is 15.2. The van der Waals surface area contributed by atoms with Crippen LogP contribution in [0.4, 0.5) is 5.82 Å². The van der Waals surface area contributed by atoms with E-state index in [0.717, 1.165) is 32.0 Å². The summed E-state index contributed by atoms with van der Waals surface area (Å²) in [4.78, 5) is 6.85. The molecule has 1 N–H and O–H groups in total. The van der Waals surface area contributed by atoms with Crippen LogP contribution in [0, 0.1) is 11.8 Å². The monoisotopic (exact) mass is 263 g/mol. The molecule has 1 rings (SSSR count). The SMILES string of the molecule is CCN(CC(C)C)c1cc(CNCC(C)C)ccn1. The average Bonchev–Trinajstić information content (AvgIpc) is 2.35. The van der Waals surface area contributed by atoms with Crippen molar-refractivity contribution in [1.29, 1.82) is 0 Å². The molecule has 108 valence electrons. The smallest absolute Gasteiger partial charge is 0.128 e. The van der Waals surface area contributed by atoms with Gasteiger partial charge < -0.3 is 10.2 Å². The molecule has 0 aromatic carbocycles. The highest BCUT2D eigenvalue weighted by Gasteiger charge is 2.08. The molecule has 0 saturated carbocycles. The summed E-state index contributed by atoms with van der Waals surface area (Å²) in [6, 6.07) is 4.30. The van der Waals surface area contributed by atoms with E-state index in [2.05, 4.69) is 62.0 Å². The second-order valence-corrected chi connectivity index (χ2v) is 5.98. The maximum Gasteiger partial charge on any atom is 0.128 e. The Morgan fingerprint density at radius 2 is 1.95 bits per heavy atom. The Labute approximate surface area is 118 Å². The molecule has 0 fully saturated rings. The number of pyridine rings is 1. The lowest BCUT2D eigenvalue weighted by Crippen LogP contribution is -2.28. The summed E-state index contributed by atoms with van der Waals surface area (Å²) in [5, 5.41) is 3.48. The van der Waals surface area contributed by atoms with Crippen molar-refractivity contribution in [3.05, 3.63) is 23.9 Å². The predicted octanol–water partition coefficient (Wildman–Crippen LogP) is 3.31. The molecule has 1 heterocycles. The number of nitrogens with one attached hydrogen (secondary N) is 1. The minimum atomic E-state index is 0.657. The highest BCUT2D eigenvalue weighted by Crippen LogP contribution is 2.14. The number of anilines is 1. The van der Waals surface area contributed by atoms with Crippen molar-refractivity contribution in [3.63, 3.8) is 0 Å². The first-order chi connectivity index (χ1) is 9.02. The molecular weight excluding hydrogens is 234 g/mol. The van der Waals surface area contributed by atoms with Crippen LogP contribution < -0.4 is 10.2 Å². The molecule has 0 saturated heterocycles. The van der Waals surface area contributed by atoms with E-state index in [1.54, 1.807) is 0 Å². The number of rotatable bonds is 8. The minimum absolute atomic E-state index is 0.657. The van der Waals surface area contributed by atoms with E-state index in [-0.39, 0.29) is 0 Å². The van der Waals surface area contributed by atoms with Gasteiger partial charge in [0.15, 0.2) is 0 Å². The van der Waals surface area contributed by atoms with Gasteiger partial charge in [-0.2, -0.15) is 0 Å². The Morgan fingerprint density at radius 3 is 2.53 bits per heavy atom. The Balaban J connectivity index is 2.64. The van der Waals surface area contributed by atoms with Crippen LogP contribution in [0.25, 0.3) is 0 Å². The molecule has 0 bridgehead atoms. The summed E-state index contributed by atoms with van der Waals surface area (Å²) in [6.07, 6.45) is 1.92. The Hall–Kier alpha value is -1.09. The molecule has 1 aromatic heterocycles. The fraction of sp³-hybridized carbons (Fsp3) is 0.688. The standard InChI is InChI=1S/C16H29N3/c1-6-19(12-14(4)5)16-9-15(7-8-18-16)11-17-10-13(2)3/h7-9,13-14,17H,6,10-12H2,1-5H3. The van der Waals surface area contributed by atoms with Gasteiger partial charge in [0.2, 0.25) is 0 Å². The van der Waals surface area contributed by atoms with Crippen molar-refractivity contribution in [2.75, 3.05) is 24.5 Å². The van der Waals surface area contributed by atoms with E-state index in [1.807, 2.05) is 6.20 Å². The van der Waals surface area contributed by atoms with Crippen LogP contribution in [0.2, 0.25) is 0 Å². The molecule has 0 aliphatic heterocycles. The first-order valence-electron chi connectivity index (χ1n) is 7.43. The van der Waals surface area contributed by atoms with E-state index < -0.39 is 0 Å². The lowest BCUT2D eigenvalue weighted by Gasteiger charge is -2.24. The summed E-state index contributed by atoms with van der Waals surface area (Å²) in [6.45, 7) is 15.2. The third-order valence-corrected chi connectivity index (χ3v) is 2.98. The van der Waals surface area contributed by atoms with Crippen LogP contribution >= 0.6 is 0 Å². The van der Waals surface area contributed by atoms with Crippen molar-refractivity contribution in [3.8, 4) is 0 Å². The zero-order valence-electron chi connectivity index (χ0n) is 13.1. The van der Waals surface area contributed by atoms with Gasteiger partial charge >= 0.3 is 0 Å². The van der Waals surface area contributed by atoms with Gasteiger partial charge in [-0.25, -0.2) is 4.98 Å². The van der Waals surface area contributed by atoms with Crippen molar-refractivity contribution >= 4 is 5.82 Å². The quantitative estimate of drug-likeness (QED) is 0.780. The van der Waals surface area contributed by atoms with E-state index in [0.29, 0.717) is 11.8 Å².